The fourth-order valence-electron chi connectivity index (χ4n) is 1.50. The lowest BCUT2D eigenvalue weighted by molar-refractivity contribution is 0.0521. The maximum absolute atomic E-state index is 11.9. The third-order valence-electron chi connectivity index (χ3n) is 2.36. The molecule has 1 unspecified atom stereocenters. The van der Waals surface area contributed by atoms with Gasteiger partial charge in [0.05, 0.1) is 0 Å². The van der Waals surface area contributed by atoms with Gasteiger partial charge in [0.25, 0.3) is 5.91 Å². The minimum atomic E-state index is -0.527. The monoisotopic (exact) mass is 278 g/mol. The molecule has 1 atom stereocenters. The first kappa shape index (κ1) is 16.0. The van der Waals surface area contributed by atoms with Crippen LogP contribution in [-0.2, 0) is 4.74 Å². The molecule has 1 rings (SSSR count). The van der Waals surface area contributed by atoms with Crippen molar-refractivity contribution in [1.82, 2.24) is 10.6 Å². The molecule has 5 heteroatoms. The molecule has 110 valence electrons. The number of carbonyl (C=O) groups excluding carboxylic acids is 2. The minimum absolute atomic E-state index is 0.163. The van der Waals surface area contributed by atoms with Crippen molar-refractivity contribution < 1.29 is 14.3 Å². The summed E-state index contributed by atoms with van der Waals surface area (Å²) in [7, 11) is 0. The zero-order valence-corrected chi connectivity index (χ0v) is 12.4. The number of hydrogen-bond donors (Lipinski definition) is 2. The van der Waals surface area contributed by atoms with E-state index in [0.29, 0.717) is 12.1 Å². The number of ether oxygens (including phenoxy) is 1. The molecule has 1 aromatic rings. The van der Waals surface area contributed by atoms with Gasteiger partial charge in [0.15, 0.2) is 0 Å². The summed E-state index contributed by atoms with van der Waals surface area (Å²) in [4.78, 5) is 23.3. The average molecular weight is 278 g/mol. The van der Waals surface area contributed by atoms with Crippen molar-refractivity contribution in [2.24, 2.45) is 0 Å². The van der Waals surface area contributed by atoms with Crippen LogP contribution in [-0.4, -0.2) is 30.2 Å². The first-order valence-corrected chi connectivity index (χ1v) is 6.61. The van der Waals surface area contributed by atoms with E-state index in [9.17, 15) is 9.59 Å². The summed E-state index contributed by atoms with van der Waals surface area (Å²) < 4.78 is 5.11. The van der Waals surface area contributed by atoms with Crippen LogP contribution in [0.25, 0.3) is 0 Å². The van der Waals surface area contributed by atoms with Crippen LogP contribution in [0.2, 0.25) is 0 Å². The quantitative estimate of drug-likeness (QED) is 0.888. The number of nitrogens with one attached hydrogen (secondary N) is 2. The van der Waals surface area contributed by atoms with Gasteiger partial charge in [-0.25, -0.2) is 4.79 Å². The highest BCUT2D eigenvalue weighted by Gasteiger charge is 2.17. The Kier molecular flexibility index (Phi) is 5.55. The Hall–Kier alpha value is -2.04. The van der Waals surface area contributed by atoms with Crippen LogP contribution in [0, 0.1) is 0 Å². The number of benzene rings is 1. The summed E-state index contributed by atoms with van der Waals surface area (Å²) in [6.07, 6.45) is -0.488. The normalized spacial score (nSPS) is 12.4. The van der Waals surface area contributed by atoms with Gasteiger partial charge in [-0.3, -0.25) is 4.79 Å². The molecule has 0 spiro atoms. The molecular formula is C15H22N2O3. The lowest BCUT2D eigenvalue weighted by Gasteiger charge is -2.21. The number of amides is 2. The van der Waals surface area contributed by atoms with Crippen molar-refractivity contribution in [3.05, 3.63) is 35.9 Å². The van der Waals surface area contributed by atoms with Crippen molar-refractivity contribution in [2.75, 3.05) is 6.54 Å². The van der Waals surface area contributed by atoms with Crippen LogP contribution in [0.3, 0.4) is 0 Å². The Balaban J connectivity index is 2.35. The predicted octanol–water partition coefficient (Wildman–Crippen LogP) is 2.33. The van der Waals surface area contributed by atoms with Gasteiger partial charge in [-0.05, 0) is 39.8 Å². The molecule has 0 aromatic heterocycles. The second-order valence-electron chi connectivity index (χ2n) is 5.62. The largest absolute Gasteiger partial charge is 0.444 e. The summed E-state index contributed by atoms with van der Waals surface area (Å²) in [5, 5.41) is 5.43. The smallest absolute Gasteiger partial charge is 0.407 e. The molecule has 0 aliphatic carbocycles. The molecule has 1 aromatic carbocycles. The zero-order chi connectivity index (χ0) is 15.2. The maximum Gasteiger partial charge on any atom is 0.407 e. The Morgan fingerprint density at radius 1 is 1.20 bits per heavy atom. The first-order valence-electron chi connectivity index (χ1n) is 6.61. The molecule has 2 N–H and O–H groups in total. The van der Waals surface area contributed by atoms with E-state index >= 15 is 0 Å². The molecule has 20 heavy (non-hydrogen) atoms. The molecule has 0 saturated heterocycles. The highest BCUT2D eigenvalue weighted by Crippen LogP contribution is 2.06. The molecule has 5 nitrogen and oxygen atoms in total. The fourth-order valence-corrected chi connectivity index (χ4v) is 1.50. The van der Waals surface area contributed by atoms with E-state index < -0.39 is 11.7 Å². The van der Waals surface area contributed by atoms with Gasteiger partial charge in [-0.15, -0.1) is 0 Å². The SMILES string of the molecule is CC(CNC(=O)OC(C)(C)C)NC(=O)c1ccccc1. The van der Waals surface area contributed by atoms with Gasteiger partial charge in [0.1, 0.15) is 5.60 Å². The Morgan fingerprint density at radius 2 is 1.80 bits per heavy atom. The third kappa shape index (κ3) is 6.22. The summed E-state index contributed by atoms with van der Waals surface area (Å²) in [6.45, 7) is 7.53. The van der Waals surface area contributed by atoms with Crippen LogP contribution >= 0.6 is 0 Å². The topological polar surface area (TPSA) is 67.4 Å². The van der Waals surface area contributed by atoms with E-state index in [-0.39, 0.29) is 11.9 Å². The van der Waals surface area contributed by atoms with Crippen LogP contribution in [0.1, 0.15) is 38.1 Å². The van der Waals surface area contributed by atoms with Crippen LogP contribution < -0.4 is 10.6 Å². The molecule has 0 aliphatic rings. The van der Waals surface area contributed by atoms with Crippen molar-refractivity contribution in [2.45, 2.75) is 39.3 Å². The molecule has 2 amide bonds. The van der Waals surface area contributed by atoms with Crippen LogP contribution in [0.15, 0.2) is 30.3 Å². The minimum Gasteiger partial charge on any atom is -0.444 e. The Morgan fingerprint density at radius 3 is 2.35 bits per heavy atom. The molecule has 0 bridgehead atoms. The van der Waals surface area contributed by atoms with E-state index in [0.717, 1.165) is 0 Å². The van der Waals surface area contributed by atoms with E-state index in [1.165, 1.54) is 0 Å². The van der Waals surface area contributed by atoms with Gasteiger partial charge in [0, 0.05) is 18.2 Å². The number of alkyl carbamates (subject to hydrolysis) is 1. The fraction of sp³-hybridized carbons (Fsp3) is 0.467. The van der Waals surface area contributed by atoms with Crippen LogP contribution in [0.5, 0.6) is 0 Å². The second kappa shape index (κ2) is 6.93. The highest BCUT2D eigenvalue weighted by molar-refractivity contribution is 5.94. The molecule has 0 heterocycles. The van der Waals surface area contributed by atoms with Crippen molar-refractivity contribution in [3.8, 4) is 0 Å². The van der Waals surface area contributed by atoms with Gasteiger partial charge in [-0.2, -0.15) is 0 Å². The third-order valence-corrected chi connectivity index (χ3v) is 2.36. The Labute approximate surface area is 119 Å². The lowest BCUT2D eigenvalue weighted by Crippen LogP contribution is -2.43. The van der Waals surface area contributed by atoms with Crippen molar-refractivity contribution in [3.63, 3.8) is 0 Å². The lowest BCUT2D eigenvalue weighted by atomic mass is 10.2. The zero-order valence-electron chi connectivity index (χ0n) is 12.4. The van der Waals surface area contributed by atoms with Crippen molar-refractivity contribution >= 4 is 12.0 Å². The van der Waals surface area contributed by atoms with E-state index in [1.807, 2.05) is 13.0 Å². The molecule has 0 radical (unpaired) electrons. The standard InChI is InChI=1S/C15H22N2O3/c1-11(10-16-14(19)20-15(2,3)4)17-13(18)12-8-6-5-7-9-12/h5-9,11H,10H2,1-4H3,(H,16,19)(H,17,18). The highest BCUT2D eigenvalue weighted by atomic mass is 16.6. The van der Waals surface area contributed by atoms with E-state index in [4.69, 9.17) is 4.74 Å². The Bertz CT molecular complexity index is 452. The molecule has 0 saturated carbocycles. The number of carbonyl (C=O) groups is 2. The summed E-state index contributed by atoms with van der Waals surface area (Å²) in [5.74, 6) is -0.163. The number of hydrogen-bond acceptors (Lipinski definition) is 3. The van der Waals surface area contributed by atoms with Crippen LogP contribution in [0.4, 0.5) is 4.79 Å². The average Bonchev–Trinajstić information content (AvgIpc) is 2.35. The second-order valence-corrected chi connectivity index (χ2v) is 5.62. The van der Waals surface area contributed by atoms with Gasteiger partial charge in [-0.1, -0.05) is 18.2 Å². The molecular weight excluding hydrogens is 256 g/mol. The van der Waals surface area contributed by atoms with E-state index in [2.05, 4.69) is 10.6 Å². The van der Waals surface area contributed by atoms with E-state index in [1.54, 1.807) is 45.0 Å². The molecule has 0 aliphatic heterocycles. The van der Waals surface area contributed by atoms with Gasteiger partial charge in [0.2, 0.25) is 0 Å². The first-order chi connectivity index (χ1) is 9.28. The van der Waals surface area contributed by atoms with Crippen molar-refractivity contribution in [1.29, 1.82) is 0 Å². The summed E-state index contributed by atoms with van der Waals surface area (Å²) >= 11 is 0. The summed E-state index contributed by atoms with van der Waals surface area (Å²) in [5.41, 5.74) is 0.0669. The summed E-state index contributed by atoms with van der Waals surface area (Å²) in [6, 6.07) is 8.75. The van der Waals surface area contributed by atoms with Gasteiger partial charge < -0.3 is 15.4 Å². The predicted molar refractivity (Wildman–Crippen MR) is 77.6 cm³/mol. The molecule has 0 fully saturated rings. The maximum atomic E-state index is 11.9. The number of rotatable bonds is 4. The van der Waals surface area contributed by atoms with Gasteiger partial charge >= 0.3 is 6.09 Å².